The normalized spacial score (nSPS) is 11.2. The Kier molecular flexibility index (Phi) is 5.20. The van der Waals surface area contributed by atoms with Gasteiger partial charge in [0, 0.05) is 29.4 Å². The second-order valence-corrected chi connectivity index (χ2v) is 8.30. The molecule has 3 aromatic carbocycles. The molecule has 0 saturated carbocycles. The molecule has 0 spiro atoms. The Labute approximate surface area is 181 Å². The van der Waals surface area contributed by atoms with Crippen molar-refractivity contribution < 1.29 is 22.9 Å². The number of rotatable bonds is 6. The summed E-state index contributed by atoms with van der Waals surface area (Å²) in [7, 11) is -3.90. The fraction of sp³-hybridized carbons (Fsp3) is 0. The van der Waals surface area contributed by atoms with E-state index in [-0.39, 0.29) is 22.0 Å². The van der Waals surface area contributed by atoms with Gasteiger partial charge in [-0.1, -0.05) is 0 Å². The summed E-state index contributed by atoms with van der Waals surface area (Å²) < 4.78 is 32.4. The molecule has 0 fully saturated rings. The molecule has 1 amide bonds. The number of hydrogen-bond acceptors (Lipinski definition) is 7. The van der Waals surface area contributed by atoms with Gasteiger partial charge in [0.2, 0.25) is 0 Å². The number of carbonyl (C=O) groups excluding carboxylic acids is 1. The Morgan fingerprint density at radius 1 is 1.06 bits per heavy atom. The number of nitrogens with zero attached hydrogens (tertiary/aromatic N) is 2. The fourth-order valence-corrected chi connectivity index (χ4v) is 4.02. The zero-order valence-corrected chi connectivity index (χ0v) is 17.0. The Morgan fingerprint density at radius 2 is 1.75 bits per heavy atom. The minimum atomic E-state index is -3.90. The number of sulfonamides is 1. The van der Waals surface area contributed by atoms with Gasteiger partial charge >= 0.3 is 6.09 Å². The molecule has 1 heterocycles. The molecule has 0 aliphatic heterocycles. The lowest BCUT2D eigenvalue weighted by atomic mass is 10.2. The number of aromatic nitrogens is 2. The maximum absolute atomic E-state index is 12.6. The quantitative estimate of drug-likeness (QED) is 0.296. The molecule has 0 radical (unpaired) electrons. The van der Waals surface area contributed by atoms with E-state index in [9.17, 15) is 23.3 Å². The lowest BCUT2D eigenvalue weighted by Gasteiger charge is -2.08. The van der Waals surface area contributed by atoms with Gasteiger partial charge in [0.05, 0.1) is 20.9 Å². The van der Waals surface area contributed by atoms with E-state index in [1.165, 1.54) is 36.4 Å². The van der Waals surface area contributed by atoms with Gasteiger partial charge in [0.25, 0.3) is 15.7 Å². The zero-order valence-electron chi connectivity index (χ0n) is 16.2. The van der Waals surface area contributed by atoms with Crippen molar-refractivity contribution in [2.24, 2.45) is 5.73 Å². The van der Waals surface area contributed by atoms with E-state index in [0.717, 1.165) is 0 Å². The van der Waals surface area contributed by atoms with Gasteiger partial charge in [0.15, 0.2) is 0 Å². The van der Waals surface area contributed by atoms with Crippen molar-refractivity contribution in [3.63, 3.8) is 0 Å². The number of imidazole rings is 1. The number of fused-ring (bicyclic) bond motifs is 1. The monoisotopic (exact) mass is 453 g/mol. The number of anilines is 1. The van der Waals surface area contributed by atoms with Crippen LogP contribution in [0.25, 0.3) is 22.4 Å². The summed E-state index contributed by atoms with van der Waals surface area (Å²) in [6.45, 7) is 0. The second-order valence-electron chi connectivity index (χ2n) is 6.62. The van der Waals surface area contributed by atoms with Gasteiger partial charge in [-0.25, -0.2) is 18.2 Å². The number of carbonyl (C=O) groups is 1. The molecule has 12 heteroatoms. The van der Waals surface area contributed by atoms with E-state index in [1.807, 2.05) is 0 Å². The third-order valence-corrected chi connectivity index (χ3v) is 5.84. The number of nitrogens with two attached hydrogens (primary N) is 1. The van der Waals surface area contributed by atoms with Gasteiger partial charge in [-0.2, -0.15) is 0 Å². The number of H-pyrrole nitrogens is 1. The number of nitrogens with one attached hydrogen (secondary N) is 2. The molecule has 4 N–H and O–H groups in total. The van der Waals surface area contributed by atoms with Gasteiger partial charge in [-0.3, -0.25) is 14.8 Å². The number of amides is 1. The van der Waals surface area contributed by atoms with E-state index in [4.69, 9.17) is 10.5 Å². The minimum absolute atomic E-state index is 0.00728. The minimum Gasteiger partial charge on any atom is -0.410 e. The van der Waals surface area contributed by atoms with Crippen LogP contribution in [0.5, 0.6) is 5.75 Å². The van der Waals surface area contributed by atoms with Crippen molar-refractivity contribution in [1.29, 1.82) is 0 Å². The van der Waals surface area contributed by atoms with Crippen LogP contribution < -0.4 is 15.2 Å². The topological polar surface area (TPSA) is 170 Å². The first-order valence-corrected chi connectivity index (χ1v) is 10.5. The number of non-ortho nitro benzene ring substituents is 1. The first-order valence-electron chi connectivity index (χ1n) is 9.06. The lowest BCUT2D eigenvalue weighted by Crippen LogP contribution is -2.16. The summed E-state index contributed by atoms with van der Waals surface area (Å²) in [4.78, 5) is 28.6. The van der Waals surface area contributed by atoms with Crippen LogP contribution >= 0.6 is 0 Å². The standard InChI is InChI=1S/C20H15N5O6S/c21-20(26)31-15-7-10-17-18(11-15)23-19(22-17)12-1-8-16(9-2-12)32(29,30)24-13-3-5-14(6-4-13)25(27)28/h1-11,24H,(H2,21,26)(H,22,23). The number of ether oxygens (including phenoxy) is 1. The van der Waals surface area contributed by atoms with E-state index < -0.39 is 21.0 Å². The first-order chi connectivity index (χ1) is 15.2. The van der Waals surface area contributed by atoms with Crippen LogP contribution in [-0.2, 0) is 10.0 Å². The third-order valence-electron chi connectivity index (χ3n) is 4.44. The summed E-state index contributed by atoms with van der Waals surface area (Å²) >= 11 is 0. The molecule has 4 aromatic rings. The molecule has 0 unspecified atom stereocenters. The van der Waals surface area contributed by atoms with Gasteiger partial charge in [0.1, 0.15) is 11.6 Å². The fourth-order valence-electron chi connectivity index (χ4n) is 2.96. The summed E-state index contributed by atoms with van der Waals surface area (Å²) in [5.74, 6) is 0.752. The molecule has 1 aromatic heterocycles. The van der Waals surface area contributed by atoms with Gasteiger partial charge < -0.3 is 15.5 Å². The Bertz CT molecular complexity index is 1430. The average Bonchev–Trinajstić information content (AvgIpc) is 3.17. The smallest absolute Gasteiger partial charge is 0.409 e. The highest BCUT2D eigenvalue weighted by molar-refractivity contribution is 7.92. The molecular formula is C20H15N5O6S. The van der Waals surface area contributed by atoms with Crippen molar-refractivity contribution in [2.75, 3.05) is 4.72 Å². The number of primary amides is 1. The second kappa shape index (κ2) is 8.00. The summed E-state index contributed by atoms with van der Waals surface area (Å²) in [5, 5.41) is 10.7. The predicted molar refractivity (Wildman–Crippen MR) is 116 cm³/mol. The molecule has 4 rings (SSSR count). The summed E-state index contributed by atoms with van der Waals surface area (Å²) in [6, 6.07) is 15.8. The summed E-state index contributed by atoms with van der Waals surface area (Å²) in [6.07, 6.45) is -0.928. The van der Waals surface area contributed by atoms with E-state index in [2.05, 4.69) is 14.7 Å². The Balaban J connectivity index is 1.55. The van der Waals surface area contributed by atoms with Crippen LogP contribution in [0.3, 0.4) is 0 Å². The highest BCUT2D eigenvalue weighted by Gasteiger charge is 2.16. The molecule has 162 valence electrons. The molecule has 0 aliphatic carbocycles. The van der Waals surface area contributed by atoms with Gasteiger partial charge in [-0.05, 0) is 48.5 Å². The number of hydrogen-bond donors (Lipinski definition) is 3. The molecule has 32 heavy (non-hydrogen) atoms. The van der Waals surface area contributed by atoms with Crippen LogP contribution in [0.2, 0.25) is 0 Å². The van der Waals surface area contributed by atoms with E-state index >= 15 is 0 Å². The Hall–Kier alpha value is -4.45. The first kappa shape index (κ1) is 20.8. The average molecular weight is 453 g/mol. The Morgan fingerprint density at radius 3 is 2.38 bits per heavy atom. The number of benzene rings is 3. The highest BCUT2D eigenvalue weighted by atomic mass is 32.2. The van der Waals surface area contributed by atoms with Crippen LogP contribution in [0.1, 0.15) is 0 Å². The molecule has 0 saturated heterocycles. The van der Waals surface area contributed by atoms with E-state index in [0.29, 0.717) is 22.4 Å². The third kappa shape index (κ3) is 4.34. The lowest BCUT2D eigenvalue weighted by molar-refractivity contribution is -0.384. The molecule has 0 aliphatic rings. The maximum Gasteiger partial charge on any atom is 0.409 e. The zero-order chi connectivity index (χ0) is 22.9. The van der Waals surface area contributed by atoms with Crippen LogP contribution in [0, 0.1) is 10.1 Å². The van der Waals surface area contributed by atoms with Crippen molar-refractivity contribution >= 4 is 38.5 Å². The van der Waals surface area contributed by atoms with Crippen molar-refractivity contribution in [3.8, 4) is 17.1 Å². The summed E-state index contributed by atoms with van der Waals surface area (Å²) in [5.41, 5.74) is 6.93. The SMILES string of the molecule is NC(=O)Oc1ccc2nc(-c3ccc(S(=O)(=O)Nc4ccc([N+](=O)[O-])cc4)cc3)[nH]c2c1. The number of nitro groups is 1. The van der Waals surface area contributed by atoms with Gasteiger partial charge in [-0.15, -0.1) is 0 Å². The molecular weight excluding hydrogens is 438 g/mol. The predicted octanol–water partition coefficient (Wildman–Crippen LogP) is 3.40. The van der Waals surface area contributed by atoms with Crippen LogP contribution in [0.4, 0.5) is 16.2 Å². The molecule has 0 atom stereocenters. The van der Waals surface area contributed by atoms with Crippen molar-refractivity contribution in [3.05, 3.63) is 76.8 Å². The molecule has 0 bridgehead atoms. The largest absolute Gasteiger partial charge is 0.410 e. The van der Waals surface area contributed by atoms with Crippen LogP contribution in [0.15, 0.2) is 71.6 Å². The molecule has 11 nitrogen and oxygen atoms in total. The van der Waals surface area contributed by atoms with E-state index in [1.54, 1.807) is 30.3 Å². The highest BCUT2D eigenvalue weighted by Crippen LogP contribution is 2.26. The van der Waals surface area contributed by atoms with Crippen molar-refractivity contribution in [1.82, 2.24) is 9.97 Å². The van der Waals surface area contributed by atoms with Crippen LogP contribution in [-0.4, -0.2) is 29.4 Å². The maximum atomic E-state index is 12.6. The number of aromatic amines is 1. The number of nitro benzene ring substituents is 1. The van der Waals surface area contributed by atoms with Crippen molar-refractivity contribution in [2.45, 2.75) is 4.90 Å².